The summed E-state index contributed by atoms with van der Waals surface area (Å²) >= 11 is 1.28. The predicted octanol–water partition coefficient (Wildman–Crippen LogP) is 3.89. The van der Waals surface area contributed by atoms with Crippen LogP contribution in [0.5, 0.6) is 0 Å². The highest BCUT2D eigenvalue weighted by Gasteiger charge is 2.25. The normalized spacial score (nSPS) is 12.3. The van der Waals surface area contributed by atoms with Crippen LogP contribution in [-0.2, 0) is 14.8 Å². The number of nitrogens with one attached hydrogen (secondary N) is 2. The summed E-state index contributed by atoms with van der Waals surface area (Å²) in [4.78, 5) is 26.3. The van der Waals surface area contributed by atoms with Gasteiger partial charge in [-0.15, -0.1) is 11.3 Å². The Kier molecular flexibility index (Phi) is 7.79. The van der Waals surface area contributed by atoms with Gasteiger partial charge in [-0.1, -0.05) is 56.3 Å². The number of nitrogens with zero attached hydrogens (tertiary/aromatic N) is 1. The highest BCUT2D eigenvalue weighted by molar-refractivity contribution is 7.89. The van der Waals surface area contributed by atoms with E-state index in [9.17, 15) is 18.0 Å². The van der Waals surface area contributed by atoms with Gasteiger partial charge in [0.15, 0.2) is 0 Å². The largest absolute Gasteiger partial charge is 0.336 e. The van der Waals surface area contributed by atoms with Crippen LogP contribution < -0.4 is 10.6 Å². The van der Waals surface area contributed by atoms with E-state index in [0.717, 1.165) is 0 Å². The van der Waals surface area contributed by atoms with Crippen molar-refractivity contribution in [1.29, 1.82) is 0 Å². The second-order valence-electron chi connectivity index (χ2n) is 6.90. The number of sulfonamides is 1. The minimum Gasteiger partial charge on any atom is -0.336 e. The third-order valence-corrected chi connectivity index (χ3v) is 7.77. The van der Waals surface area contributed by atoms with Gasteiger partial charge < -0.3 is 10.6 Å². The second kappa shape index (κ2) is 10.5. The van der Waals surface area contributed by atoms with Crippen molar-refractivity contribution in [3.8, 4) is 0 Å². The molecule has 2 aromatic carbocycles. The maximum Gasteiger partial charge on any atom is 0.262 e. The number of benzene rings is 2. The molecule has 0 saturated heterocycles. The molecule has 9 heteroatoms. The first-order chi connectivity index (χ1) is 15.4. The molecule has 0 spiro atoms. The molecule has 2 N–H and O–H groups in total. The number of thiophene rings is 1. The second-order valence-corrected chi connectivity index (χ2v) is 9.79. The number of carbonyl (C=O) groups excluding carboxylic acids is 2. The third-order valence-electron chi connectivity index (χ3n) is 4.86. The van der Waals surface area contributed by atoms with Crippen LogP contribution in [-0.4, -0.2) is 37.6 Å². The Morgan fingerprint density at radius 3 is 2.31 bits per heavy atom. The quantitative estimate of drug-likeness (QED) is 0.495. The van der Waals surface area contributed by atoms with E-state index in [0.29, 0.717) is 29.2 Å². The Morgan fingerprint density at radius 1 is 0.969 bits per heavy atom. The van der Waals surface area contributed by atoms with E-state index in [2.05, 4.69) is 10.6 Å². The van der Waals surface area contributed by atoms with E-state index in [1.165, 1.54) is 27.8 Å². The molecule has 0 aliphatic heterocycles. The van der Waals surface area contributed by atoms with Gasteiger partial charge >= 0.3 is 0 Å². The minimum atomic E-state index is -3.67. The van der Waals surface area contributed by atoms with Crippen molar-refractivity contribution in [2.75, 3.05) is 18.4 Å². The molecular formula is C23H25N3O4S2. The molecule has 1 atom stereocenters. The van der Waals surface area contributed by atoms with Crippen LogP contribution in [0, 0.1) is 0 Å². The molecule has 0 aliphatic carbocycles. The van der Waals surface area contributed by atoms with Gasteiger partial charge in [-0.25, -0.2) is 8.42 Å². The maximum absolute atomic E-state index is 13.1. The van der Waals surface area contributed by atoms with Gasteiger partial charge in [-0.05, 0) is 35.2 Å². The molecule has 0 saturated carbocycles. The summed E-state index contributed by atoms with van der Waals surface area (Å²) in [5.41, 5.74) is 0.941. The number of hydrogen-bond acceptors (Lipinski definition) is 5. The molecule has 1 aromatic heterocycles. The summed E-state index contributed by atoms with van der Waals surface area (Å²) in [6, 6.07) is 17.5. The number of hydrogen-bond donors (Lipinski definition) is 2. The van der Waals surface area contributed by atoms with Crippen LogP contribution in [0.4, 0.5) is 5.69 Å². The van der Waals surface area contributed by atoms with Crippen LogP contribution >= 0.6 is 11.3 Å². The predicted molar refractivity (Wildman–Crippen MR) is 126 cm³/mol. The molecule has 168 valence electrons. The van der Waals surface area contributed by atoms with Gasteiger partial charge in [0.05, 0.1) is 9.77 Å². The molecule has 32 heavy (non-hydrogen) atoms. The van der Waals surface area contributed by atoms with Crippen molar-refractivity contribution >= 4 is 38.9 Å². The summed E-state index contributed by atoms with van der Waals surface area (Å²) in [5, 5.41) is 7.30. The topological polar surface area (TPSA) is 95.6 Å². The Labute approximate surface area is 192 Å². The smallest absolute Gasteiger partial charge is 0.262 e. The first-order valence-electron chi connectivity index (χ1n) is 10.2. The van der Waals surface area contributed by atoms with Crippen LogP contribution in [0.25, 0.3) is 0 Å². The Morgan fingerprint density at radius 2 is 1.69 bits per heavy atom. The number of rotatable bonds is 9. The van der Waals surface area contributed by atoms with E-state index in [1.807, 2.05) is 6.07 Å². The van der Waals surface area contributed by atoms with E-state index in [1.54, 1.807) is 67.8 Å². The van der Waals surface area contributed by atoms with Gasteiger partial charge in [0.25, 0.3) is 11.8 Å². The summed E-state index contributed by atoms with van der Waals surface area (Å²) in [7, 11) is -3.67. The van der Waals surface area contributed by atoms with Crippen LogP contribution in [0.2, 0.25) is 0 Å². The molecule has 7 nitrogen and oxygen atoms in total. The molecule has 1 unspecified atom stereocenters. The van der Waals surface area contributed by atoms with E-state index in [-0.39, 0.29) is 10.8 Å². The molecule has 3 rings (SSSR count). The van der Waals surface area contributed by atoms with Crippen LogP contribution in [0.1, 0.15) is 35.1 Å². The van der Waals surface area contributed by atoms with Crippen molar-refractivity contribution < 1.29 is 18.0 Å². The molecule has 0 aliphatic rings. The van der Waals surface area contributed by atoms with Crippen molar-refractivity contribution in [3.63, 3.8) is 0 Å². The number of amides is 2. The van der Waals surface area contributed by atoms with Gasteiger partial charge in [0.2, 0.25) is 10.0 Å². The van der Waals surface area contributed by atoms with Crippen molar-refractivity contribution in [1.82, 2.24) is 9.62 Å². The van der Waals surface area contributed by atoms with Gasteiger partial charge in [-0.3, -0.25) is 9.59 Å². The third kappa shape index (κ3) is 5.42. The van der Waals surface area contributed by atoms with Crippen LogP contribution in [0.15, 0.2) is 77.0 Å². The monoisotopic (exact) mass is 471 g/mol. The van der Waals surface area contributed by atoms with Crippen molar-refractivity contribution in [2.45, 2.75) is 24.8 Å². The average molecular weight is 472 g/mol. The summed E-state index contributed by atoms with van der Waals surface area (Å²) in [6.45, 7) is 4.24. The fraction of sp³-hybridized carbons (Fsp3) is 0.217. The van der Waals surface area contributed by atoms with E-state index < -0.39 is 22.0 Å². The molecule has 3 aromatic rings. The molecule has 0 bridgehead atoms. The summed E-state index contributed by atoms with van der Waals surface area (Å²) in [5.74, 6) is -0.833. The fourth-order valence-corrected chi connectivity index (χ4v) is 5.35. The Hall–Kier alpha value is -3.01. The lowest BCUT2D eigenvalue weighted by atomic mass is 10.1. The van der Waals surface area contributed by atoms with Crippen molar-refractivity contribution in [3.05, 3.63) is 82.6 Å². The molecule has 1 heterocycles. The lowest BCUT2D eigenvalue weighted by Crippen LogP contribution is -2.36. The average Bonchev–Trinajstić information content (AvgIpc) is 3.34. The lowest BCUT2D eigenvalue weighted by Gasteiger charge is -2.20. The minimum absolute atomic E-state index is 0.0953. The van der Waals surface area contributed by atoms with Crippen LogP contribution in [0.3, 0.4) is 0 Å². The SMILES string of the molecule is CCN(CC)S(=O)(=O)c1cccc(NC(=O)C(NC(=O)c2cccs2)c2ccccc2)c1. The molecular weight excluding hydrogens is 446 g/mol. The zero-order valence-electron chi connectivity index (χ0n) is 17.8. The zero-order valence-corrected chi connectivity index (χ0v) is 19.4. The number of anilines is 1. The van der Waals surface area contributed by atoms with Gasteiger partial charge in [-0.2, -0.15) is 4.31 Å². The van der Waals surface area contributed by atoms with Gasteiger partial charge in [0.1, 0.15) is 6.04 Å². The van der Waals surface area contributed by atoms with Gasteiger partial charge in [0, 0.05) is 18.8 Å². The van der Waals surface area contributed by atoms with E-state index in [4.69, 9.17) is 0 Å². The first-order valence-corrected chi connectivity index (χ1v) is 12.5. The fourth-order valence-electron chi connectivity index (χ4n) is 3.22. The summed E-state index contributed by atoms with van der Waals surface area (Å²) in [6.07, 6.45) is 0. The standard InChI is InChI=1S/C23H25N3O4S2/c1-3-26(4-2)32(29,30)19-13-8-12-18(16-19)24-23(28)21(17-10-6-5-7-11-17)25-22(27)20-14-9-15-31-20/h5-16,21H,3-4H2,1-2H3,(H,24,28)(H,25,27). The van der Waals surface area contributed by atoms with Crippen molar-refractivity contribution in [2.24, 2.45) is 0 Å². The molecule has 0 fully saturated rings. The lowest BCUT2D eigenvalue weighted by molar-refractivity contribution is -0.118. The zero-order chi connectivity index (χ0) is 23.1. The highest BCUT2D eigenvalue weighted by Crippen LogP contribution is 2.22. The Bertz CT molecular complexity index is 1160. The molecule has 2 amide bonds. The maximum atomic E-state index is 13.1. The first kappa shape index (κ1) is 23.6. The molecule has 0 radical (unpaired) electrons. The Balaban J connectivity index is 1.86. The highest BCUT2D eigenvalue weighted by atomic mass is 32.2. The van der Waals surface area contributed by atoms with E-state index >= 15 is 0 Å². The number of carbonyl (C=O) groups is 2. The summed E-state index contributed by atoms with van der Waals surface area (Å²) < 4.78 is 27.0.